The molecule has 0 amide bonds. The molecule has 1 saturated carbocycles. The third-order valence-corrected chi connectivity index (χ3v) is 5.42. The van der Waals surface area contributed by atoms with Crippen molar-refractivity contribution in [3.8, 4) is 0 Å². The molecule has 1 aliphatic carbocycles. The van der Waals surface area contributed by atoms with Crippen LogP contribution in [0.4, 0.5) is 0 Å². The Bertz CT molecular complexity index is 526. The number of halogens is 1. The van der Waals surface area contributed by atoms with Crippen molar-refractivity contribution in [1.82, 2.24) is 9.78 Å². The highest BCUT2D eigenvalue weighted by Crippen LogP contribution is 2.39. The van der Waals surface area contributed by atoms with Gasteiger partial charge in [0.15, 0.2) is 0 Å². The summed E-state index contributed by atoms with van der Waals surface area (Å²) >= 11 is 3.74. The van der Waals surface area contributed by atoms with Crippen LogP contribution in [0.3, 0.4) is 0 Å². The summed E-state index contributed by atoms with van der Waals surface area (Å²) < 4.78 is 2.20. The quantitative estimate of drug-likeness (QED) is 0.769. The van der Waals surface area contributed by atoms with Crippen LogP contribution in [-0.2, 0) is 6.54 Å². The Morgan fingerprint density at radius 1 is 1.17 bits per heavy atom. The van der Waals surface area contributed by atoms with E-state index < -0.39 is 0 Å². The maximum Gasteiger partial charge on any atom is 0.0682 e. The highest BCUT2D eigenvalue weighted by molar-refractivity contribution is 9.09. The van der Waals surface area contributed by atoms with Gasteiger partial charge in [0.05, 0.1) is 11.7 Å². The number of rotatable bonds is 3. The zero-order valence-corrected chi connectivity index (χ0v) is 12.2. The number of para-hydroxylation sites is 1. The van der Waals surface area contributed by atoms with Gasteiger partial charge in [-0.1, -0.05) is 53.4 Å². The van der Waals surface area contributed by atoms with E-state index in [4.69, 9.17) is 0 Å². The smallest absolute Gasteiger partial charge is 0.0682 e. The van der Waals surface area contributed by atoms with Crippen LogP contribution in [0.15, 0.2) is 30.5 Å². The summed E-state index contributed by atoms with van der Waals surface area (Å²) in [6.45, 7) is 1.05. The molecule has 0 spiro atoms. The molecule has 0 radical (unpaired) electrons. The Morgan fingerprint density at radius 3 is 2.72 bits per heavy atom. The normalized spacial score (nSPS) is 19.2. The fourth-order valence-electron chi connectivity index (χ4n) is 3.11. The molecule has 1 aromatic carbocycles. The third-order valence-electron chi connectivity index (χ3n) is 4.23. The van der Waals surface area contributed by atoms with E-state index in [1.54, 1.807) is 0 Å². The Kier molecular flexibility index (Phi) is 3.42. The maximum atomic E-state index is 4.58. The highest BCUT2D eigenvalue weighted by atomic mass is 79.9. The number of benzene rings is 1. The van der Waals surface area contributed by atoms with Gasteiger partial charge in [-0.05, 0) is 24.3 Å². The summed E-state index contributed by atoms with van der Waals surface area (Å²) in [5.74, 6) is 0. The van der Waals surface area contributed by atoms with Gasteiger partial charge in [-0.3, -0.25) is 4.68 Å². The fraction of sp³-hybridized carbons (Fsp3) is 0.533. The van der Waals surface area contributed by atoms with Gasteiger partial charge < -0.3 is 0 Å². The van der Waals surface area contributed by atoms with Crippen LogP contribution in [0.5, 0.6) is 0 Å². The number of aromatic nitrogens is 2. The lowest BCUT2D eigenvalue weighted by Crippen LogP contribution is -2.31. The summed E-state index contributed by atoms with van der Waals surface area (Å²) in [6.07, 6.45) is 8.77. The minimum Gasteiger partial charge on any atom is -0.264 e. The van der Waals surface area contributed by atoms with Crippen LogP contribution < -0.4 is 0 Å². The number of alkyl halides is 1. The van der Waals surface area contributed by atoms with Crippen LogP contribution in [0.2, 0.25) is 0 Å². The standard InChI is InChI=1S/C15H19BrN2/c16-11-15(8-4-1-5-9-15)12-18-14-7-3-2-6-13(14)10-17-18/h2-3,6-7,10H,1,4-5,8-9,11-12H2. The minimum atomic E-state index is 0.410. The van der Waals surface area contributed by atoms with Crippen LogP contribution >= 0.6 is 15.9 Å². The van der Waals surface area contributed by atoms with Crippen molar-refractivity contribution >= 4 is 26.8 Å². The Balaban J connectivity index is 1.90. The van der Waals surface area contributed by atoms with Crippen molar-refractivity contribution in [3.63, 3.8) is 0 Å². The van der Waals surface area contributed by atoms with Gasteiger partial charge in [0, 0.05) is 17.3 Å². The topological polar surface area (TPSA) is 17.8 Å². The largest absolute Gasteiger partial charge is 0.264 e. The van der Waals surface area contributed by atoms with Crippen LogP contribution in [-0.4, -0.2) is 15.1 Å². The molecule has 3 heteroatoms. The van der Waals surface area contributed by atoms with Gasteiger partial charge in [0.2, 0.25) is 0 Å². The Morgan fingerprint density at radius 2 is 1.94 bits per heavy atom. The van der Waals surface area contributed by atoms with Gasteiger partial charge in [-0.2, -0.15) is 5.10 Å². The molecule has 96 valence electrons. The first-order chi connectivity index (χ1) is 8.83. The molecule has 3 rings (SSSR count). The van der Waals surface area contributed by atoms with Gasteiger partial charge in [0.1, 0.15) is 0 Å². The first kappa shape index (κ1) is 12.2. The van der Waals surface area contributed by atoms with E-state index in [9.17, 15) is 0 Å². The van der Waals surface area contributed by atoms with E-state index in [0.717, 1.165) is 11.9 Å². The summed E-state index contributed by atoms with van der Waals surface area (Å²) in [7, 11) is 0. The van der Waals surface area contributed by atoms with Crippen molar-refractivity contribution in [2.75, 3.05) is 5.33 Å². The summed E-state index contributed by atoms with van der Waals surface area (Å²) in [4.78, 5) is 0. The molecule has 0 bridgehead atoms. The van der Waals surface area contributed by atoms with Crippen LogP contribution in [0.25, 0.3) is 10.9 Å². The van der Waals surface area contributed by atoms with Gasteiger partial charge in [-0.25, -0.2) is 0 Å². The molecule has 2 aromatic rings. The van der Waals surface area contributed by atoms with Crippen molar-refractivity contribution in [2.24, 2.45) is 5.41 Å². The monoisotopic (exact) mass is 306 g/mol. The Hall–Kier alpha value is -0.830. The van der Waals surface area contributed by atoms with E-state index in [2.05, 4.69) is 50.0 Å². The van der Waals surface area contributed by atoms with Gasteiger partial charge in [-0.15, -0.1) is 0 Å². The van der Waals surface area contributed by atoms with Crippen molar-refractivity contribution in [1.29, 1.82) is 0 Å². The predicted molar refractivity (Wildman–Crippen MR) is 79.0 cm³/mol. The lowest BCUT2D eigenvalue weighted by molar-refractivity contribution is 0.186. The van der Waals surface area contributed by atoms with E-state index in [0.29, 0.717) is 5.41 Å². The summed E-state index contributed by atoms with van der Waals surface area (Å²) in [6, 6.07) is 8.49. The molecule has 1 aliphatic rings. The fourth-order valence-corrected chi connectivity index (χ4v) is 3.84. The molecular weight excluding hydrogens is 288 g/mol. The molecule has 0 aliphatic heterocycles. The zero-order chi connectivity index (χ0) is 12.4. The van der Waals surface area contributed by atoms with Crippen molar-refractivity contribution in [3.05, 3.63) is 30.5 Å². The van der Waals surface area contributed by atoms with Crippen molar-refractivity contribution in [2.45, 2.75) is 38.6 Å². The lowest BCUT2D eigenvalue weighted by atomic mass is 9.75. The number of hydrogen-bond acceptors (Lipinski definition) is 1. The highest BCUT2D eigenvalue weighted by Gasteiger charge is 2.32. The molecule has 0 N–H and O–H groups in total. The maximum absolute atomic E-state index is 4.58. The molecule has 1 aromatic heterocycles. The number of fused-ring (bicyclic) bond motifs is 1. The van der Waals surface area contributed by atoms with Crippen molar-refractivity contribution < 1.29 is 0 Å². The molecule has 1 heterocycles. The first-order valence-corrected chi connectivity index (χ1v) is 7.92. The predicted octanol–water partition coefficient (Wildman–Crippen LogP) is 4.38. The average molecular weight is 307 g/mol. The second-order valence-electron chi connectivity index (χ2n) is 5.56. The van der Waals surface area contributed by atoms with E-state index in [1.807, 2.05) is 6.20 Å². The summed E-state index contributed by atoms with van der Waals surface area (Å²) in [5.41, 5.74) is 1.68. The molecule has 18 heavy (non-hydrogen) atoms. The van der Waals surface area contributed by atoms with Gasteiger partial charge in [0.25, 0.3) is 0 Å². The molecular formula is C15H19BrN2. The molecule has 0 unspecified atom stereocenters. The number of nitrogens with zero attached hydrogens (tertiary/aromatic N) is 2. The second kappa shape index (κ2) is 5.04. The SMILES string of the molecule is BrCC1(Cn2ncc3ccccc32)CCCCC1. The van der Waals surface area contributed by atoms with E-state index in [1.165, 1.54) is 43.0 Å². The molecule has 0 saturated heterocycles. The molecule has 2 nitrogen and oxygen atoms in total. The lowest BCUT2D eigenvalue weighted by Gasteiger charge is -2.35. The average Bonchev–Trinajstić information content (AvgIpc) is 2.83. The second-order valence-corrected chi connectivity index (χ2v) is 6.12. The number of hydrogen-bond donors (Lipinski definition) is 0. The van der Waals surface area contributed by atoms with E-state index in [-0.39, 0.29) is 0 Å². The zero-order valence-electron chi connectivity index (χ0n) is 10.6. The minimum absolute atomic E-state index is 0.410. The Labute approximate surface area is 117 Å². The van der Waals surface area contributed by atoms with Crippen LogP contribution in [0.1, 0.15) is 32.1 Å². The van der Waals surface area contributed by atoms with Crippen LogP contribution in [0, 0.1) is 5.41 Å². The molecule has 0 atom stereocenters. The molecule has 1 fully saturated rings. The third kappa shape index (κ3) is 2.20. The summed E-state index contributed by atoms with van der Waals surface area (Å²) in [5, 5.41) is 6.92. The van der Waals surface area contributed by atoms with E-state index >= 15 is 0 Å². The first-order valence-electron chi connectivity index (χ1n) is 6.80. The van der Waals surface area contributed by atoms with Gasteiger partial charge >= 0.3 is 0 Å².